The number of aromatic nitrogens is 3. The van der Waals surface area contributed by atoms with Crippen LogP contribution in [0.25, 0.3) is 16.9 Å². The van der Waals surface area contributed by atoms with Gasteiger partial charge in [-0.25, -0.2) is 9.50 Å². The molecule has 0 fully saturated rings. The van der Waals surface area contributed by atoms with Crippen LogP contribution in [0.2, 0.25) is 5.02 Å². The fraction of sp³-hybridized carbons (Fsp3) is 0.400. The number of hydrogen-bond acceptors (Lipinski definition) is 3. The number of rotatable bonds is 7. The van der Waals surface area contributed by atoms with Crippen LogP contribution in [0.1, 0.15) is 50.8 Å². The lowest BCUT2D eigenvalue weighted by Crippen LogP contribution is -2.02. The Morgan fingerprint density at radius 3 is 2.63 bits per heavy atom. The molecule has 27 heavy (non-hydrogen) atoms. The van der Waals surface area contributed by atoms with Crippen LogP contribution in [-0.4, -0.2) is 21.2 Å². The maximum atomic E-state index is 12.4. The van der Waals surface area contributed by atoms with Crippen molar-refractivity contribution in [2.24, 2.45) is 0 Å². The third-order valence-corrected chi connectivity index (χ3v) is 4.93. The van der Waals surface area contributed by atoms with E-state index in [2.05, 4.69) is 30.5 Å². The van der Waals surface area contributed by atoms with E-state index in [1.807, 2.05) is 6.07 Å². The number of aryl methyl sites for hydroxylation is 1. The van der Waals surface area contributed by atoms with Crippen LogP contribution < -0.4 is 4.74 Å². The number of halogens is 3. The van der Waals surface area contributed by atoms with Gasteiger partial charge in [-0.3, -0.25) is 0 Å². The van der Waals surface area contributed by atoms with Crippen LogP contribution in [0, 0.1) is 0 Å². The number of benzene rings is 1. The predicted molar refractivity (Wildman–Crippen MR) is 103 cm³/mol. The molecule has 4 nitrogen and oxygen atoms in total. The first kappa shape index (κ1) is 19.5. The van der Waals surface area contributed by atoms with Crippen LogP contribution in [0.5, 0.6) is 5.75 Å². The molecule has 144 valence electrons. The van der Waals surface area contributed by atoms with Gasteiger partial charge < -0.3 is 4.74 Å². The molecular formula is C20H22ClF2N3O. The molecule has 2 aromatic heterocycles. The quantitative estimate of drug-likeness (QED) is 0.485. The van der Waals surface area contributed by atoms with E-state index in [1.54, 1.807) is 16.8 Å². The molecule has 0 aliphatic rings. The summed E-state index contributed by atoms with van der Waals surface area (Å²) in [6, 6.07) is 6.35. The summed E-state index contributed by atoms with van der Waals surface area (Å²) in [6.45, 7) is 3.54. The monoisotopic (exact) mass is 393 g/mol. The van der Waals surface area contributed by atoms with Crippen LogP contribution in [-0.2, 0) is 6.42 Å². The van der Waals surface area contributed by atoms with Crippen molar-refractivity contribution in [2.45, 2.75) is 52.6 Å². The summed E-state index contributed by atoms with van der Waals surface area (Å²) in [4.78, 5) is 4.56. The van der Waals surface area contributed by atoms with E-state index >= 15 is 0 Å². The summed E-state index contributed by atoms with van der Waals surface area (Å²) in [5, 5.41) is 5.08. The van der Waals surface area contributed by atoms with Gasteiger partial charge in [-0.2, -0.15) is 13.9 Å². The lowest BCUT2D eigenvalue weighted by molar-refractivity contribution is -0.0498. The minimum absolute atomic E-state index is 0.0241. The summed E-state index contributed by atoms with van der Waals surface area (Å²) in [7, 11) is 0. The highest BCUT2D eigenvalue weighted by Crippen LogP contribution is 2.34. The Morgan fingerprint density at radius 2 is 2.00 bits per heavy atom. The third-order valence-electron chi connectivity index (χ3n) is 4.62. The normalized spacial score (nSPS) is 12.7. The second-order valence-corrected chi connectivity index (χ2v) is 6.90. The largest absolute Gasteiger partial charge is 0.435 e. The number of alkyl halides is 2. The first-order valence-corrected chi connectivity index (χ1v) is 9.45. The van der Waals surface area contributed by atoms with Crippen molar-refractivity contribution in [2.75, 3.05) is 0 Å². The van der Waals surface area contributed by atoms with E-state index in [0.717, 1.165) is 41.9 Å². The molecule has 0 saturated carbocycles. The van der Waals surface area contributed by atoms with Crippen LogP contribution in [0.3, 0.4) is 0 Å². The van der Waals surface area contributed by atoms with Crippen molar-refractivity contribution in [3.8, 4) is 17.0 Å². The molecule has 1 unspecified atom stereocenters. The molecule has 0 spiro atoms. The van der Waals surface area contributed by atoms with Crippen molar-refractivity contribution in [3.63, 3.8) is 0 Å². The van der Waals surface area contributed by atoms with E-state index in [0.29, 0.717) is 16.5 Å². The summed E-state index contributed by atoms with van der Waals surface area (Å²) >= 11 is 6.35. The Hall–Kier alpha value is -2.21. The highest BCUT2D eigenvalue weighted by atomic mass is 35.5. The standard InChI is InChI=1S/C20H22ClF2N3O/c1-4-6-12(3)18-16(5-2)25-26-17(9-10-24-19(18)26)14-8-7-13(11-15(14)21)27-20(22)23/h7-12,20H,4-6H2,1-3H3. The van der Waals surface area contributed by atoms with E-state index < -0.39 is 6.61 Å². The predicted octanol–water partition coefficient (Wildman–Crippen LogP) is 6.12. The number of hydrogen-bond donors (Lipinski definition) is 0. The van der Waals surface area contributed by atoms with E-state index in [-0.39, 0.29) is 5.75 Å². The second kappa shape index (κ2) is 8.21. The fourth-order valence-corrected chi connectivity index (χ4v) is 3.70. The van der Waals surface area contributed by atoms with Gasteiger partial charge >= 0.3 is 6.61 Å². The topological polar surface area (TPSA) is 39.4 Å². The summed E-state index contributed by atoms with van der Waals surface area (Å²) in [5.41, 5.74) is 4.44. The Bertz CT molecular complexity index is 942. The molecule has 0 radical (unpaired) electrons. The van der Waals surface area contributed by atoms with Gasteiger partial charge in [0.15, 0.2) is 5.65 Å². The van der Waals surface area contributed by atoms with Gasteiger partial charge in [0.05, 0.1) is 16.4 Å². The van der Waals surface area contributed by atoms with Crippen LogP contribution in [0.15, 0.2) is 30.5 Å². The summed E-state index contributed by atoms with van der Waals surface area (Å²) in [5.74, 6) is 0.374. The first-order valence-electron chi connectivity index (χ1n) is 9.07. The smallest absolute Gasteiger partial charge is 0.387 e. The zero-order valence-electron chi connectivity index (χ0n) is 15.5. The molecule has 0 aliphatic carbocycles. The zero-order valence-corrected chi connectivity index (χ0v) is 16.3. The molecule has 0 aliphatic heterocycles. The van der Waals surface area contributed by atoms with Crippen molar-refractivity contribution in [3.05, 3.63) is 46.7 Å². The van der Waals surface area contributed by atoms with Crippen molar-refractivity contribution < 1.29 is 13.5 Å². The highest BCUT2D eigenvalue weighted by Gasteiger charge is 2.21. The Labute approximate surface area is 162 Å². The molecule has 1 aromatic carbocycles. The number of fused-ring (bicyclic) bond motifs is 1. The molecule has 0 N–H and O–H groups in total. The van der Waals surface area contributed by atoms with Gasteiger partial charge in [-0.05, 0) is 43.0 Å². The van der Waals surface area contributed by atoms with Crippen molar-refractivity contribution in [1.29, 1.82) is 0 Å². The lowest BCUT2D eigenvalue weighted by Gasteiger charge is -2.11. The average Bonchev–Trinajstić information content (AvgIpc) is 3.00. The molecule has 0 saturated heterocycles. The molecule has 0 amide bonds. The fourth-order valence-electron chi connectivity index (χ4n) is 3.43. The SMILES string of the molecule is CCCC(C)c1c(CC)nn2c(-c3ccc(OC(F)F)cc3Cl)ccnc12. The maximum Gasteiger partial charge on any atom is 0.387 e. The Kier molecular flexibility index (Phi) is 5.95. The van der Waals surface area contributed by atoms with Crippen molar-refractivity contribution >= 4 is 17.2 Å². The van der Waals surface area contributed by atoms with Crippen LogP contribution >= 0.6 is 11.6 Å². The molecular weight excluding hydrogens is 372 g/mol. The first-order chi connectivity index (χ1) is 13.0. The zero-order chi connectivity index (χ0) is 19.6. The highest BCUT2D eigenvalue weighted by molar-refractivity contribution is 6.33. The van der Waals surface area contributed by atoms with E-state index in [9.17, 15) is 8.78 Å². The molecule has 3 rings (SSSR count). The number of nitrogens with zero attached hydrogens (tertiary/aromatic N) is 3. The molecule has 3 aromatic rings. The lowest BCUT2D eigenvalue weighted by atomic mass is 9.95. The Balaban J connectivity index is 2.13. The second-order valence-electron chi connectivity index (χ2n) is 6.49. The minimum atomic E-state index is -2.89. The molecule has 2 heterocycles. The van der Waals surface area contributed by atoms with Gasteiger partial charge in [-0.1, -0.05) is 38.8 Å². The van der Waals surface area contributed by atoms with E-state index in [1.165, 1.54) is 12.1 Å². The minimum Gasteiger partial charge on any atom is -0.435 e. The molecule has 0 bridgehead atoms. The summed E-state index contributed by atoms with van der Waals surface area (Å²) in [6.07, 6.45) is 4.67. The molecule has 1 atom stereocenters. The van der Waals surface area contributed by atoms with Crippen LogP contribution in [0.4, 0.5) is 8.78 Å². The van der Waals surface area contributed by atoms with Gasteiger partial charge in [0.25, 0.3) is 0 Å². The van der Waals surface area contributed by atoms with Crippen molar-refractivity contribution in [1.82, 2.24) is 14.6 Å². The van der Waals surface area contributed by atoms with Gasteiger partial charge in [0, 0.05) is 17.3 Å². The van der Waals surface area contributed by atoms with Gasteiger partial charge in [-0.15, -0.1) is 0 Å². The van der Waals surface area contributed by atoms with Gasteiger partial charge in [0.2, 0.25) is 0 Å². The van der Waals surface area contributed by atoms with Gasteiger partial charge in [0.1, 0.15) is 5.75 Å². The maximum absolute atomic E-state index is 12.4. The number of ether oxygens (including phenoxy) is 1. The van der Waals surface area contributed by atoms with E-state index in [4.69, 9.17) is 16.7 Å². The summed E-state index contributed by atoms with van der Waals surface area (Å²) < 4.78 is 31.1. The third kappa shape index (κ3) is 3.90. The Morgan fingerprint density at radius 1 is 1.22 bits per heavy atom. The molecule has 7 heteroatoms. The average molecular weight is 394 g/mol.